The molecule has 0 aromatic heterocycles. The SMILES string of the molecule is CCC(=O)Nc1ccc(NC(=O)CNc2ccccc2OC)cc1. The molecule has 6 heteroatoms. The average molecular weight is 327 g/mol. The molecule has 2 amide bonds. The maximum atomic E-state index is 12.0. The van der Waals surface area contributed by atoms with E-state index in [0.717, 1.165) is 5.69 Å². The van der Waals surface area contributed by atoms with Gasteiger partial charge in [0.1, 0.15) is 5.75 Å². The van der Waals surface area contributed by atoms with Gasteiger partial charge >= 0.3 is 0 Å². The van der Waals surface area contributed by atoms with Gasteiger partial charge < -0.3 is 20.7 Å². The summed E-state index contributed by atoms with van der Waals surface area (Å²) in [4.78, 5) is 23.3. The van der Waals surface area contributed by atoms with Crippen LogP contribution in [0.2, 0.25) is 0 Å². The van der Waals surface area contributed by atoms with Crippen molar-refractivity contribution in [3.05, 3.63) is 48.5 Å². The van der Waals surface area contributed by atoms with E-state index in [1.54, 1.807) is 38.3 Å². The van der Waals surface area contributed by atoms with Crippen molar-refractivity contribution in [1.29, 1.82) is 0 Å². The van der Waals surface area contributed by atoms with Crippen LogP contribution in [0.3, 0.4) is 0 Å². The number of ether oxygens (including phenoxy) is 1. The van der Waals surface area contributed by atoms with Crippen molar-refractivity contribution in [2.24, 2.45) is 0 Å². The Morgan fingerprint density at radius 3 is 2.08 bits per heavy atom. The van der Waals surface area contributed by atoms with E-state index in [-0.39, 0.29) is 18.4 Å². The molecule has 0 aliphatic carbocycles. The second-order valence-electron chi connectivity index (χ2n) is 5.08. The Morgan fingerprint density at radius 2 is 1.50 bits per heavy atom. The van der Waals surface area contributed by atoms with Crippen LogP contribution in [0, 0.1) is 0 Å². The fourth-order valence-corrected chi connectivity index (χ4v) is 2.06. The second kappa shape index (κ2) is 8.57. The Hall–Kier alpha value is -3.02. The monoisotopic (exact) mass is 327 g/mol. The lowest BCUT2D eigenvalue weighted by atomic mass is 10.2. The Morgan fingerprint density at radius 1 is 0.917 bits per heavy atom. The van der Waals surface area contributed by atoms with Crippen LogP contribution in [0.25, 0.3) is 0 Å². The highest BCUT2D eigenvalue weighted by Crippen LogP contribution is 2.22. The van der Waals surface area contributed by atoms with Crippen molar-refractivity contribution in [3.63, 3.8) is 0 Å². The summed E-state index contributed by atoms with van der Waals surface area (Å²) in [5.74, 6) is 0.459. The van der Waals surface area contributed by atoms with Crippen LogP contribution >= 0.6 is 0 Å². The largest absolute Gasteiger partial charge is 0.495 e. The topological polar surface area (TPSA) is 79.5 Å². The van der Waals surface area contributed by atoms with E-state index in [1.807, 2.05) is 24.3 Å². The molecule has 0 atom stereocenters. The zero-order valence-corrected chi connectivity index (χ0v) is 13.8. The Labute approximate surface area is 141 Å². The van der Waals surface area contributed by atoms with Crippen molar-refractivity contribution in [1.82, 2.24) is 0 Å². The van der Waals surface area contributed by atoms with Gasteiger partial charge in [0.25, 0.3) is 0 Å². The standard InChI is InChI=1S/C18H21N3O3/c1-3-17(22)20-13-8-10-14(11-9-13)21-18(23)12-19-15-6-4-5-7-16(15)24-2/h4-11,19H,3,12H2,1-2H3,(H,20,22)(H,21,23). The van der Waals surface area contributed by atoms with Crippen LogP contribution in [-0.4, -0.2) is 25.5 Å². The van der Waals surface area contributed by atoms with Gasteiger partial charge in [-0.3, -0.25) is 9.59 Å². The Bertz CT molecular complexity index is 699. The van der Waals surface area contributed by atoms with Crippen molar-refractivity contribution >= 4 is 28.9 Å². The van der Waals surface area contributed by atoms with Gasteiger partial charge in [-0.05, 0) is 36.4 Å². The molecule has 2 aromatic rings. The minimum atomic E-state index is -0.175. The van der Waals surface area contributed by atoms with Crippen molar-refractivity contribution in [2.45, 2.75) is 13.3 Å². The third kappa shape index (κ3) is 5.01. The van der Waals surface area contributed by atoms with E-state index in [9.17, 15) is 9.59 Å². The van der Waals surface area contributed by atoms with Gasteiger partial charge in [-0.15, -0.1) is 0 Å². The number of hydrogen-bond acceptors (Lipinski definition) is 4. The molecule has 0 saturated heterocycles. The number of methoxy groups -OCH3 is 1. The van der Waals surface area contributed by atoms with E-state index >= 15 is 0 Å². The van der Waals surface area contributed by atoms with E-state index in [1.165, 1.54) is 0 Å². The summed E-state index contributed by atoms with van der Waals surface area (Å²) >= 11 is 0. The first-order chi connectivity index (χ1) is 11.6. The Kier molecular flexibility index (Phi) is 6.19. The number of nitrogens with one attached hydrogen (secondary N) is 3. The summed E-state index contributed by atoms with van der Waals surface area (Å²) in [5, 5.41) is 8.58. The maximum absolute atomic E-state index is 12.0. The molecule has 0 unspecified atom stereocenters. The lowest BCUT2D eigenvalue weighted by Crippen LogP contribution is -2.22. The number of carbonyl (C=O) groups excluding carboxylic acids is 2. The van der Waals surface area contributed by atoms with Crippen molar-refractivity contribution in [3.8, 4) is 5.75 Å². The fourth-order valence-electron chi connectivity index (χ4n) is 2.06. The lowest BCUT2D eigenvalue weighted by Gasteiger charge is -2.11. The van der Waals surface area contributed by atoms with Crippen LogP contribution in [0.5, 0.6) is 5.75 Å². The van der Waals surface area contributed by atoms with E-state index in [0.29, 0.717) is 23.5 Å². The number of anilines is 3. The number of hydrogen-bond donors (Lipinski definition) is 3. The van der Waals surface area contributed by atoms with Crippen LogP contribution in [0.1, 0.15) is 13.3 Å². The summed E-state index contributed by atoms with van der Waals surface area (Å²) in [7, 11) is 1.58. The van der Waals surface area contributed by atoms with Gasteiger partial charge in [-0.2, -0.15) is 0 Å². The normalized spacial score (nSPS) is 9.92. The summed E-state index contributed by atoms with van der Waals surface area (Å²) in [6, 6.07) is 14.4. The molecule has 0 spiro atoms. The van der Waals surface area contributed by atoms with Crippen molar-refractivity contribution in [2.75, 3.05) is 29.6 Å². The minimum Gasteiger partial charge on any atom is -0.495 e. The van der Waals surface area contributed by atoms with Crippen LogP contribution in [0.15, 0.2) is 48.5 Å². The number of rotatable bonds is 7. The zero-order valence-electron chi connectivity index (χ0n) is 13.8. The quantitative estimate of drug-likeness (QED) is 0.730. The first-order valence-corrected chi connectivity index (χ1v) is 7.69. The third-order valence-electron chi connectivity index (χ3n) is 3.32. The molecule has 0 aliphatic rings. The number of amides is 2. The molecule has 24 heavy (non-hydrogen) atoms. The number of para-hydroxylation sites is 2. The molecular formula is C18H21N3O3. The van der Waals surface area contributed by atoms with Gasteiger partial charge in [-0.25, -0.2) is 0 Å². The molecule has 0 saturated carbocycles. The smallest absolute Gasteiger partial charge is 0.243 e. The number of benzene rings is 2. The minimum absolute atomic E-state index is 0.0483. The maximum Gasteiger partial charge on any atom is 0.243 e. The summed E-state index contributed by atoms with van der Waals surface area (Å²) in [6.45, 7) is 1.91. The number of carbonyl (C=O) groups is 2. The molecule has 6 nitrogen and oxygen atoms in total. The fraction of sp³-hybridized carbons (Fsp3) is 0.222. The molecule has 126 valence electrons. The van der Waals surface area contributed by atoms with Crippen LogP contribution in [-0.2, 0) is 9.59 Å². The van der Waals surface area contributed by atoms with Crippen molar-refractivity contribution < 1.29 is 14.3 Å². The van der Waals surface area contributed by atoms with Crippen LogP contribution in [0.4, 0.5) is 17.1 Å². The second-order valence-corrected chi connectivity index (χ2v) is 5.08. The first kappa shape index (κ1) is 17.3. The van der Waals surface area contributed by atoms with Gasteiger partial charge in [0, 0.05) is 17.8 Å². The molecule has 2 aromatic carbocycles. The first-order valence-electron chi connectivity index (χ1n) is 7.69. The summed E-state index contributed by atoms with van der Waals surface area (Å²) in [6.07, 6.45) is 0.424. The highest BCUT2D eigenvalue weighted by Gasteiger charge is 2.06. The van der Waals surface area contributed by atoms with Crippen LogP contribution < -0.4 is 20.7 Å². The lowest BCUT2D eigenvalue weighted by molar-refractivity contribution is -0.116. The highest BCUT2D eigenvalue weighted by atomic mass is 16.5. The molecule has 0 radical (unpaired) electrons. The van der Waals surface area contributed by atoms with Gasteiger partial charge in [0.15, 0.2) is 0 Å². The van der Waals surface area contributed by atoms with E-state index < -0.39 is 0 Å². The Balaban J connectivity index is 1.87. The highest BCUT2D eigenvalue weighted by molar-refractivity contribution is 5.95. The van der Waals surface area contributed by atoms with Gasteiger partial charge in [0.2, 0.25) is 11.8 Å². The molecule has 2 rings (SSSR count). The zero-order chi connectivity index (χ0) is 17.4. The average Bonchev–Trinajstić information content (AvgIpc) is 2.61. The summed E-state index contributed by atoms with van der Waals surface area (Å²) < 4.78 is 5.22. The predicted octanol–water partition coefficient (Wildman–Crippen LogP) is 3.09. The molecular weight excluding hydrogens is 306 g/mol. The molecule has 0 fully saturated rings. The van der Waals surface area contributed by atoms with Gasteiger partial charge in [0.05, 0.1) is 19.3 Å². The van der Waals surface area contributed by atoms with E-state index in [2.05, 4.69) is 16.0 Å². The third-order valence-corrected chi connectivity index (χ3v) is 3.32. The van der Waals surface area contributed by atoms with E-state index in [4.69, 9.17) is 4.74 Å². The predicted molar refractivity (Wildman–Crippen MR) is 95.5 cm³/mol. The summed E-state index contributed by atoms with van der Waals surface area (Å²) in [5.41, 5.74) is 2.12. The van der Waals surface area contributed by atoms with Gasteiger partial charge in [-0.1, -0.05) is 19.1 Å². The molecule has 0 aliphatic heterocycles. The molecule has 3 N–H and O–H groups in total. The molecule has 0 bridgehead atoms. The molecule has 0 heterocycles.